The lowest BCUT2D eigenvalue weighted by Gasteiger charge is -2.11. The average Bonchev–Trinajstić information content (AvgIpc) is 2.78. The van der Waals surface area contributed by atoms with E-state index in [1.165, 1.54) is 16.7 Å². The first-order valence-corrected chi connectivity index (χ1v) is 11.3. The van der Waals surface area contributed by atoms with Crippen molar-refractivity contribution in [2.75, 3.05) is 19.0 Å². The number of alkyl halides is 1. The molecule has 166 valence electrons. The Hall–Kier alpha value is -3.21. The van der Waals surface area contributed by atoms with Crippen LogP contribution in [0.2, 0.25) is 0 Å². The predicted octanol–water partition coefficient (Wildman–Crippen LogP) is 6.29. The maximum atomic E-state index is 12.2. The van der Waals surface area contributed by atoms with Crippen LogP contribution in [0.1, 0.15) is 41.5 Å². The van der Waals surface area contributed by atoms with Gasteiger partial charge in [0.25, 0.3) is 0 Å². The maximum absolute atomic E-state index is 12.2. The van der Waals surface area contributed by atoms with Crippen molar-refractivity contribution in [1.82, 2.24) is 9.97 Å². The monoisotopic (exact) mass is 431 g/mol. The summed E-state index contributed by atoms with van der Waals surface area (Å²) >= 11 is 0. The molecule has 5 heteroatoms. The van der Waals surface area contributed by atoms with Crippen LogP contribution >= 0.6 is 0 Å². The first-order valence-electron chi connectivity index (χ1n) is 11.3. The number of ether oxygens (including phenoxy) is 1. The summed E-state index contributed by atoms with van der Waals surface area (Å²) in [5, 5.41) is 2.14. The largest absolute Gasteiger partial charge is 0.494 e. The van der Waals surface area contributed by atoms with Crippen molar-refractivity contribution in [1.29, 1.82) is 0 Å². The second kappa shape index (κ2) is 9.94. The number of hydrogen-bond acceptors (Lipinski definition) is 4. The molecule has 0 aliphatic carbocycles. The molecule has 2 aromatic heterocycles. The summed E-state index contributed by atoms with van der Waals surface area (Å²) in [4.78, 5) is 9.16. The number of aryl methyl sites for hydroxylation is 4. The zero-order valence-electron chi connectivity index (χ0n) is 18.8. The van der Waals surface area contributed by atoms with E-state index in [9.17, 15) is 4.39 Å². The first kappa shape index (κ1) is 22.0. The van der Waals surface area contributed by atoms with Crippen LogP contribution in [0.25, 0.3) is 21.8 Å². The van der Waals surface area contributed by atoms with Crippen molar-refractivity contribution < 1.29 is 9.13 Å². The highest BCUT2D eigenvalue weighted by molar-refractivity contribution is 6.08. The van der Waals surface area contributed by atoms with Gasteiger partial charge in [0.2, 0.25) is 0 Å². The Morgan fingerprint density at radius 1 is 0.938 bits per heavy atom. The summed E-state index contributed by atoms with van der Waals surface area (Å²) < 4.78 is 18.0. The molecule has 2 aromatic carbocycles. The number of pyridine rings is 2. The Morgan fingerprint density at radius 3 is 2.62 bits per heavy atom. The number of unbranched alkanes of at least 4 members (excludes halogenated alkanes) is 2. The number of nitrogens with zero attached hydrogens (tertiary/aromatic N) is 2. The molecule has 0 aliphatic heterocycles. The van der Waals surface area contributed by atoms with Crippen LogP contribution in [0.15, 0.2) is 48.7 Å². The molecule has 0 amide bonds. The van der Waals surface area contributed by atoms with E-state index in [-0.39, 0.29) is 6.67 Å². The summed E-state index contributed by atoms with van der Waals surface area (Å²) in [5.74, 6) is 1.35. The molecule has 32 heavy (non-hydrogen) atoms. The van der Waals surface area contributed by atoms with Gasteiger partial charge in [-0.2, -0.15) is 0 Å². The molecule has 2 heterocycles. The Kier molecular flexibility index (Phi) is 6.84. The molecule has 0 atom stereocenters. The van der Waals surface area contributed by atoms with Crippen molar-refractivity contribution >= 4 is 27.6 Å². The van der Waals surface area contributed by atoms with Crippen molar-refractivity contribution in [3.05, 3.63) is 70.9 Å². The lowest BCUT2D eigenvalue weighted by atomic mass is 9.99. The van der Waals surface area contributed by atoms with Crippen LogP contribution in [0, 0.1) is 13.8 Å². The highest BCUT2D eigenvalue weighted by atomic mass is 19.1. The summed E-state index contributed by atoms with van der Waals surface area (Å²) in [5.41, 5.74) is 12.7. The van der Waals surface area contributed by atoms with Gasteiger partial charge in [-0.25, -0.2) is 4.98 Å². The van der Waals surface area contributed by atoms with Gasteiger partial charge in [0.1, 0.15) is 11.3 Å². The summed E-state index contributed by atoms with van der Waals surface area (Å²) in [6, 6.07) is 14.7. The Labute approximate surface area is 188 Å². The first-order chi connectivity index (χ1) is 15.5. The molecule has 4 rings (SSSR count). The second-order valence-corrected chi connectivity index (χ2v) is 8.44. The van der Waals surface area contributed by atoms with Crippen molar-refractivity contribution in [3.8, 4) is 5.75 Å². The molecule has 0 fully saturated rings. The van der Waals surface area contributed by atoms with Gasteiger partial charge >= 0.3 is 0 Å². The molecule has 0 aliphatic rings. The number of aromatic nitrogens is 2. The molecule has 0 unspecified atom stereocenters. The predicted molar refractivity (Wildman–Crippen MR) is 130 cm³/mol. The van der Waals surface area contributed by atoms with Gasteiger partial charge in [-0.1, -0.05) is 18.2 Å². The lowest BCUT2D eigenvalue weighted by molar-refractivity contribution is 0.301. The van der Waals surface area contributed by atoms with E-state index in [0.29, 0.717) is 18.8 Å². The Balaban J connectivity index is 1.47. The van der Waals surface area contributed by atoms with E-state index < -0.39 is 0 Å². The van der Waals surface area contributed by atoms with Crippen molar-refractivity contribution in [2.45, 2.75) is 46.0 Å². The smallest absolute Gasteiger partial charge is 0.150 e. The highest BCUT2D eigenvalue weighted by Gasteiger charge is 2.10. The van der Waals surface area contributed by atoms with Crippen LogP contribution in [0.5, 0.6) is 5.75 Å². The summed E-state index contributed by atoms with van der Waals surface area (Å²) in [7, 11) is 0. The van der Waals surface area contributed by atoms with Gasteiger partial charge < -0.3 is 10.5 Å². The van der Waals surface area contributed by atoms with Crippen LogP contribution in [-0.4, -0.2) is 23.2 Å². The Morgan fingerprint density at radius 2 is 1.81 bits per heavy atom. The average molecular weight is 432 g/mol. The molecule has 4 nitrogen and oxygen atoms in total. The molecule has 0 saturated heterocycles. The number of anilines is 1. The Bertz CT molecular complexity index is 1240. The zero-order valence-corrected chi connectivity index (χ0v) is 18.8. The van der Waals surface area contributed by atoms with Gasteiger partial charge in [0, 0.05) is 17.0 Å². The van der Waals surface area contributed by atoms with Gasteiger partial charge in [-0.3, -0.25) is 9.37 Å². The lowest BCUT2D eigenvalue weighted by Crippen LogP contribution is -2.00. The molecular weight excluding hydrogens is 401 g/mol. The molecule has 0 spiro atoms. The van der Waals surface area contributed by atoms with Crippen LogP contribution in [0.3, 0.4) is 0 Å². The van der Waals surface area contributed by atoms with Crippen molar-refractivity contribution in [3.63, 3.8) is 0 Å². The third-order valence-corrected chi connectivity index (χ3v) is 5.92. The number of fused-ring (bicyclic) bond motifs is 3. The fraction of sp³-hybridized carbons (Fsp3) is 0.333. The number of rotatable bonds is 9. The molecule has 4 aromatic rings. The molecule has 0 bridgehead atoms. The van der Waals surface area contributed by atoms with Gasteiger partial charge in [0.15, 0.2) is 5.82 Å². The summed E-state index contributed by atoms with van der Waals surface area (Å²) in [6.45, 7) is 4.56. The number of benzene rings is 2. The third-order valence-electron chi connectivity index (χ3n) is 5.92. The molecular formula is C27H30FN3O. The minimum Gasteiger partial charge on any atom is -0.494 e. The molecule has 0 radical (unpaired) electrons. The van der Waals surface area contributed by atoms with E-state index in [1.54, 1.807) is 0 Å². The highest BCUT2D eigenvalue weighted by Crippen LogP contribution is 2.28. The van der Waals surface area contributed by atoms with Crippen LogP contribution in [0.4, 0.5) is 10.2 Å². The SMILES string of the molecule is Cc1ccc2c(c1)nc(N)c1ncc(CCc3ccc(OCCCCCF)cc3C)cc12. The van der Waals surface area contributed by atoms with Crippen molar-refractivity contribution in [2.24, 2.45) is 0 Å². The quantitative estimate of drug-likeness (QED) is 0.250. The topological polar surface area (TPSA) is 61.0 Å². The van der Waals surface area contributed by atoms with E-state index in [2.05, 4.69) is 60.2 Å². The fourth-order valence-electron chi connectivity index (χ4n) is 4.08. The molecule has 0 saturated carbocycles. The molecule has 2 N–H and O–H groups in total. The van der Waals surface area contributed by atoms with Crippen LogP contribution < -0.4 is 10.5 Å². The third kappa shape index (κ3) is 4.98. The minimum absolute atomic E-state index is 0.249. The normalized spacial score (nSPS) is 11.3. The number of hydrogen-bond donors (Lipinski definition) is 1. The number of nitrogens with two attached hydrogens (primary N) is 1. The van der Waals surface area contributed by atoms with Crippen LogP contribution in [-0.2, 0) is 12.8 Å². The van der Waals surface area contributed by atoms with Gasteiger partial charge in [-0.05, 0) is 92.5 Å². The van der Waals surface area contributed by atoms with Gasteiger partial charge in [-0.15, -0.1) is 0 Å². The zero-order chi connectivity index (χ0) is 22.5. The van der Waals surface area contributed by atoms with Gasteiger partial charge in [0.05, 0.1) is 18.8 Å². The van der Waals surface area contributed by atoms with E-state index >= 15 is 0 Å². The minimum atomic E-state index is -0.249. The summed E-state index contributed by atoms with van der Waals surface area (Å²) in [6.07, 6.45) is 6.09. The number of halogens is 1. The van der Waals surface area contributed by atoms with E-state index in [4.69, 9.17) is 10.5 Å². The second-order valence-electron chi connectivity index (χ2n) is 8.44. The van der Waals surface area contributed by atoms with E-state index in [1.807, 2.05) is 12.3 Å². The standard InChI is InChI=1S/C27H30FN3O/c1-18-6-11-23-24-16-20(17-30-26(24)27(29)31-25(23)14-18)7-8-21-9-10-22(15-19(21)2)32-13-5-3-4-12-28/h6,9-11,14-17H,3-5,7-8,12-13H2,1-2H3,(H2,29,31). The maximum Gasteiger partial charge on any atom is 0.150 e. The van der Waals surface area contributed by atoms with E-state index in [0.717, 1.165) is 58.8 Å². The number of nitrogen functional groups attached to an aromatic ring is 1. The fourth-order valence-corrected chi connectivity index (χ4v) is 4.08.